The second-order valence-corrected chi connectivity index (χ2v) is 21.9. The fraction of sp³-hybridized carbons (Fsp3) is 1.00. The first-order valence-electron chi connectivity index (χ1n) is 26.4. The standard InChI is InChI=1S/C52H98O23/c1-29(53)16-66-23-36-33(48(62-12)49(63-13)41(74-36)28-71-51(3,4)5)20-70-26-39-44(56)46(60-10)31(34(73-39)21-58-8)18-68-25-38-43(55)47(61-11)32(35(72-38)22-59-9)19-69-27-40-45(57)50(64-14)42(52(6,7)65-15)37(75-40)24-67-17-30(2)54/h29-50,53-57H,16-28H2,1-15H3. The molecule has 0 aromatic rings. The van der Waals surface area contributed by atoms with E-state index < -0.39 is 139 Å². The van der Waals surface area contributed by atoms with Crippen LogP contribution in [0.2, 0.25) is 0 Å². The number of ether oxygens (including phenoxy) is 18. The van der Waals surface area contributed by atoms with Gasteiger partial charge >= 0.3 is 0 Å². The van der Waals surface area contributed by atoms with Gasteiger partial charge in [-0.3, -0.25) is 0 Å². The zero-order valence-electron chi connectivity index (χ0n) is 47.5. The Hall–Kier alpha value is -0.920. The van der Waals surface area contributed by atoms with Gasteiger partial charge in [-0.05, 0) is 48.5 Å². The van der Waals surface area contributed by atoms with E-state index in [1.54, 1.807) is 49.4 Å². The van der Waals surface area contributed by atoms with Crippen LogP contribution < -0.4 is 0 Å². The van der Waals surface area contributed by atoms with E-state index >= 15 is 0 Å². The lowest BCUT2D eigenvalue weighted by Crippen LogP contribution is -2.63. The third-order valence-corrected chi connectivity index (χ3v) is 14.8. The average Bonchev–Trinajstić information content (AvgIpc) is 3.35. The molecule has 0 aromatic carbocycles. The molecule has 22 atom stereocenters. The topological polar surface area (TPSA) is 267 Å². The number of aliphatic hydroxyl groups is 5. The van der Waals surface area contributed by atoms with Gasteiger partial charge in [0.05, 0.1) is 158 Å². The normalized spacial score (nSPS) is 37.9. The molecule has 75 heavy (non-hydrogen) atoms. The molecule has 0 radical (unpaired) electrons. The minimum Gasteiger partial charge on any atom is -0.391 e. The fourth-order valence-corrected chi connectivity index (χ4v) is 10.9. The summed E-state index contributed by atoms with van der Waals surface area (Å²) in [6.07, 6.45) is -13.2. The van der Waals surface area contributed by atoms with Crippen LogP contribution >= 0.6 is 0 Å². The van der Waals surface area contributed by atoms with Crippen LogP contribution in [0.5, 0.6) is 0 Å². The quantitative estimate of drug-likeness (QED) is 0.0582. The van der Waals surface area contributed by atoms with Crippen molar-refractivity contribution in [1.29, 1.82) is 0 Å². The highest BCUT2D eigenvalue weighted by Crippen LogP contribution is 2.39. The highest BCUT2D eigenvalue weighted by Gasteiger charge is 2.54. The molecule has 4 fully saturated rings. The van der Waals surface area contributed by atoms with Gasteiger partial charge in [-0.1, -0.05) is 0 Å². The van der Waals surface area contributed by atoms with E-state index in [2.05, 4.69) is 0 Å². The van der Waals surface area contributed by atoms with Gasteiger partial charge in [-0.2, -0.15) is 0 Å². The van der Waals surface area contributed by atoms with E-state index in [-0.39, 0.29) is 91.8 Å². The predicted octanol–water partition coefficient (Wildman–Crippen LogP) is 0.0560. The summed E-state index contributed by atoms with van der Waals surface area (Å²) in [5.74, 6) is -1.84. The Morgan fingerprint density at radius 2 is 0.733 bits per heavy atom. The molecule has 0 aromatic heterocycles. The van der Waals surface area contributed by atoms with Crippen LogP contribution in [-0.4, -0.2) is 289 Å². The van der Waals surface area contributed by atoms with Gasteiger partial charge in [0.15, 0.2) is 0 Å². The van der Waals surface area contributed by atoms with Crippen molar-refractivity contribution >= 4 is 0 Å². The Bertz CT molecular complexity index is 1520. The zero-order valence-corrected chi connectivity index (χ0v) is 47.5. The van der Waals surface area contributed by atoms with Crippen LogP contribution in [0, 0.1) is 23.7 Å². The SMILES string of the molecule is COCC1OC(COCC2C(COCC(C)O)OC(COC(C)(C)C)C(OC)C2OC)C(O)C(OC)C1COCC1OC(COC)C(COCC2OC(COCC(C)O)C(C(C)(C)OC)C(OC)C2O)C(OC)C1O. The van der Waals surface area contributed by atoms with Crippen molar-refractivity contribution in [2.24, 2.45) is 23.7 Å². The molecule has 0 spiro atoms. The summed E-state index contributed by atoms with van der Waals surface area (Å²) in [4.78, 5) is 0. The van der Waals surface area contributed by atoms with E-state index in [0.29, 0.717) is 0 Å². The molecule has 4 heterocycles. The average molecular weight is 1090 g/mol. The number of hydrogen-bond donors (Lipinski definition) is 5. The smallest absolute Gasteiger partial charge is 0.112 e. The molecule has 23 heteroatoms. The number of rotatable bonds is 33. The number of methoxy groups -OCH3 is 8. The van der Waals surface area contributed by atoms with Gasteiger partial charge in [0, 0.05) is 80.6 Å². The molecule has 5 N–H and O–H groups in total. The second kappa shape index (κ2) is 32.5. The maximum absolute atomic E-state index is 11.8. The summed E-state index contributed by atoms with van der Waals surface area (Å²) >= 11 is 0. The van der Waals surface area contributed by atoms with E-state index in [4.69, 9.17) is 85.3 Å². The largest absolute Gasteiger partial charge is 0.391 e. The van der Waals surface area contributed by atoms with Crippen molar-refractivity contribution in [3.63, 3.8) is 0 Å². The molecule has 4 rings (SSSR count). The van der Waals surface area contributed by atoms with Crippen LogP contribution in [0.3, 0.4) is 0 Å². The molecule has 22 unspecified atom stereocenters. The molecular weight excluding hydrogens is 993 g/mol. The Morgan fingerprint density at radius 3 is 1.11 bits per heavy atom. The van der Waals surface area contributed by atoms with Crippen LogP contribution in [0.15, 0.2) is 0 Å². The van der Waals surface area contributed by atoms with Crippen molar-refractivity contribution in [2.75, 3.05) is 143 Å². The zero-order chi connectivity index (χ0) is 55.6. The fourth-order valence-electron chi connectivity index (χ4n) is 10.9. The summed E-state index contributed by atoms with van der Waals surface area (Å²) < 4.78 is 109. The summed E-state index contributed by atoms with van der Waals surface area (Å²) in [6.45, 7) is 14.1. The lowest BCUT2D eigenvalue weighted by molar-refractivity contribution is -0.268. The molecule has 0 saturated carbocycles. The monoisotopic (exact) mass is 1090 g/mol. The van der Waals surface area contributed by atoms with E-state index in [9.17, 15) is 25.5 Å². The number of hydrogen-bond acceptors (Lipinski definition) is 23. The third-order valence-electron chi connectivity index (χ3n) is 14.8. The Balaban J connectivity index is 1.39. The highest BCUT2D eigenvalue weighted by molar-refractivity contribution is 5.01. The highest BCUT2D eigenvalue weighted by atomic mass is 16.6. The maximum atomic E-state index is 11.8. The third kappa shape index (κ3) is 18.8. The van der Waals surface area contributed by atoms with Gasteiger partial charge in [0.2, 0.25) is 0 Å². The summed E-state index contributed by atoms with van der Waals surface area (Å²) in [5.41, 5.74) is -1.19. The van der Waals surface area contributed by atoms with Gasteiger partial charge in [-0.25, -0.2) is 0 Å². The minimum atomic E-state index is -1.15. The van der Waals surface area contributed by atoms with Crippen molar-refractivity contribution in [2.45, 2.75) is 170 Å². The van der Waals surface area contributed by atoms with E-state index in [1.165, 1.54) is 21.3 Å². The van der Waals surface area contributed by atoms with Crippen LogP contribution in [0.1, 0.15) is 48.5 Å². The molecule has 0 bridgehead atoms. The van der Waals surface area contributed by atoms with Gasteiger partial charge in [-0.15, -0.1) is 0 Å². The van der Waals surface area contributed by atoms with Crippen LogP contribution in [0.25, 0.3) is 0 Å². The molecule has 0 aliphatic carbocycles. The van der Waals surface area contributed by atoms with E-state index in [0.717, 1.165) is 0 Å². The van der Waals surface area contributed by atoms with Crippen molar-refractivity contribution in [3.8, 4) is 0 Å². The molecule has 4 aliphatic rings. The van der Waals surface area contributed by atoms with Gasteiger partial charge in [0.25, 0.3) is 0 Å². The summed E-state index contributed by atoms with van der Waals surface area (Å²) in [6, 6.07) is 0. The van der Waals surface area contributed by atoms with Gasteiger partial charge < -0.3 is 111 Å². The molecule has 0 amide bonds. The number of aliphatic hydroxyl groups excluding tert-OH is 5. The van der Waals surface area contributed by atoms with Crippen molar-refractivity contribution < 1.29 is 111 Å². The lowest BCUT2D eigenvalue weighted by atomic mass is 9.76. The predicted molar refractivity (Wildman–Crippen MR) is 269 cm³/mol. The van der Waals surface area contributed by atoms with Crippen LogP contribution in [-0.2, 0) is 85.3 Å². The summed E-state index contributed by atoms with van der Waals surface area (Å²) in [5, 5.41) is 54.8. The molecule has 23 nitrogen and oxygen atoms in total. The Morgan fingerprint density at radius 1 is 0.387 bits per heavy atom. The van der Waals surface area contributed by atoms with Gasteiger partial charge in [0.1, 0.15) is 48.8 Å². The van der Waals surface area contributed by atoms with E-state index in [1.807, 2.05) is 34.6 Å². The first-order chi connectivity index (χ1) is 35.6. The second-order valence-electron chi connectivity index (χ2n) is 21.9. The minimum absolute atomic E-state index is 0.0150. The molecule has 4 aliphatic heterocycles. The Kier molecular flexibility index (Phi) is 28.9. The van der Waals surface area contributed by atoms with Crippen molar-refractivity contribution in [3.05, 3.63) is 0 Å². The van der Waals surface area contributed by atoms with Crippen LogP contribution in [0.4, 0.5) is 0 Å². The summed E-state index contributed by atoms with van der Waals surface area (Å²) in [7, 11) is 12.4. The molecule has 4 saturated heterocycles. The maximum Gasteiger partial charge on any atom is 0.112 e. The van der Waals surface area contributed by atoms with Crippen molar-refractivity contribution in [1.82, 2.24) is 0 Å². The Labute approximate surface area is 445 Å². The first kappa shape index (κ1) is 66.6. The molecule has 444 valence electrons. The lowest BCUT2D eigenvalue weighted by Gasteiger charge is -2.50. The first-order valence-corrected chi connectivity index (χ1v) is 26.4. The molecular formula is C52H98O23.